The molecule has 2 aliphatic rings. The van der Waals surface area contributed by atoms with E-state index in [0.29, 0.717) is 18.2 Å². The second kappa shape index (κ2) is 18.0. The maximum absolute atomic E-state index is 5.18. The molecule has 9 rings (SSSR count). The van der Waals surface area contributed by atoms with E-state index in [-0.39, 0.29) is 0 Å². The van der Waals surface area contributed by atoms with Crippen molar-refractivity contribution in [3.63, 3.8) is 0 Å². The molecule has 1 aromatic heterocycles. The zero-order valence-electron chi connectivity index (χ0n) is 35.4. The van der Waals surface area contributed by atoms with Crippen LogP contribution in [0.25, 0.3) is 55.8 Å². The van der Waals surface area contributed by atoms with Gasteiger partial charge in [-0.05, 0) is 147 Å². The van der Waals surface area contributed by atoms with Gasteiger partial charge in [-0.15, -0.1) is 0 Å². The van der Waals surface area contributed by atoms with Crippen LogP contribution in [0.4, 0.5) is 0 Å². The van der Waals surface area contributed by atoms with E-state index in [4.69, 9.17) is 9.98 Å². The molecule has 0 spiro atoms. The van der Waals surface area contributed by atoms with Gasteiger partial charge in [0.2, 0.25) is 0 Å². The monoisotopic (exact) mass is 800 g/mol. The number of aliphatic imine (C=N–C) groups is 3. The van der Waals surface area contributed by atoms with Crippen LogP contribution >= 0.6 is 0 Å². The number of amidine groups is 2. The Bertz CT molecular complexity index is 3010. The lowest BCUT2D eigenvalue weighted by Crippen LogP contribution is -2.05. The lowest BCUT2D eigenvalue weighted by molar-refractivity contribution is 0.958. The molecular formula is C58H48N4. The third kappa shape index (κ3) is 8.16. The Balaban J connectivity index is 1.11. The molecule has 0 N–H and O–H groups in total. The number of benzene rings is 6. The molecule has 1 heterocycles. The fraction of sp³-hybridized carbons (Fsp3) is 0.103. The van der Waals surface area contributed by atoms with Gasteiger partial charge in [-0.2, -0.15) is 0 Å². The van der Waals surface area contributed by atoms with Gasteiger partial charge in [-0.3, -0.25) is 9.98 Å². The molecule has 0 radical (unpaired) electrons. The van der Waals surface area contributed by atoms with Gasteiger partial charge < -0.3 is 0 Å². The standard InChI is InChI=1S/C58H48N4/c1-5-16-42(22-14-23-48-38-60-37-47-21-12-13-24-53(47)48)49-33-41(36-61-58(46-19-10-7-11-20-46)62-57(59-4)45-17-8-6-9-18-45)34-50(35-49)43-27-29-44(30-28-43)54-32-31-52-40(3)39(2)51-25-15-26-55(54)56(51)52/h5-11,13-20,22,24-35,37-38H,1,4,12,21,23,36H2,2-3H3/b22-14-,42-16+,61-58?,62-57?. The molecule has 2 aliphatic carbocycles. The third-order valence-corrected chi connectivity index (χ3v) is 12.1. The Kier molecular flexibility index (Phi) is 11.6. The molecule has 62 heavy (non-hydrogen) atoms. The maximum Gasteiger partial charge on any atom is 0.161 e. The molecule has 0 saturated carbocycles. The van der Waals surface area contributed by atoms with E-state index < -0.39 is 0 Å². The van der Waals surface area contributed by atoms with Crippen LogP contribution in [0.3, 0.4) is 0 Å². The van der Waals surface area contributed by atoms with Gasteiger partial charge in [-0.25, -0.2) is 9.98 Å². The number of pyridine rings is 1. The summed E-state index contributed by atoms with van der Waals surface area (Å²) in [5.41, 5.74) is 18.9. The molecule has 0 saturated heterocycles. The molecule has 0 unspecified atom stereocenters. The van der Waals surface area contributed by atoms with Crippen LogP contribution in [0.15, 0.2) is 198 Å². The van der Waals surface area contributed by atoms with Gasteiger partial charge in [0, 0.05) is 23.5 Å². The molecular weight excluding hydrogens is 753 g/mol. The van der Waals surface area contributed by atoms with Crippen molar-refractivity contribution >= 4 is 52.0 Å². The smallest absolute Gasteiger partial charge is 0.161 e. The number of hydrogen-bond acceptors (Lipinski definition) is 2. The van der Waals surface area contributed by atoms with Gasteiger partial charge in [0.15, 0.2) is 11.7 Å². The van der Waals surface area contributed by atoms with Crippen molar-refractivity contribution in [1.82, 2.24) is 4.98 Å². The van der Waals surface area contributed by atoms with E-state index in [0.717, 1.165) is 58.2 Å². The average molecular weight is 801 g/mol. The fourth-order valence-corrected chi connectivity index (χ4v) is 8.74. The molecule has 4 nitrogen and oxygen atoms in total. The van der Waals surface area contributed by atoms with E-state index in [1.165, 1.54) is 60.9 Å². The predicted molar refractivity (Wildman–Crippen MR) is 265 cm³/mol. The maximum atomic E-state index is 5.18. The van der Waals surface area contributed by atoms with Gasteiger partial charge >= 0.3 is 0 Å². The van der Waals surface area contributed by atoms with E-state index in [9.17, 15) is 0 Å². The minimum Gasteiger partial charge on any atom is -0.264 e. The van der Waals surface area contributed by atoms with Gasteiger partial charge in [0.25, 0.3) is 0 Å². The summed E-state index contributed by atoms with van der Waals surface area (Å²) in [4.78, 5) is 19.1. The van der Waals surface area contributed by atoms with E-state index in [1.807, 2.05) is 79.1 Å². The van der Waals surface area contributed by atoms with Crippen molar-refractivity contribution in [3.05, 3.63) is 233 Å². The molecule has 6 aromatic carbocycles. The van der Waals surface area contributed by atoms with Crippen LogP contribution in [-0.2, 0) is 19.4 Å². The molecule has 0 fully saturated rings. The number of hydrogen-bond donors (Lipinski definition) is 0. The number of rotatable bonds is 11. The first-order chi connectivity index (χ1) is 30.5. The van der Waals surface area contributed by atoms with Gasteiger partial charge in [-0.1, -0.05) is 158 Å². The van der Waals surface area contributed by atoms with Crippen molar-refractivity contribution in [3.8, 4) is 22.3 Å². The Labute approximate surface area is 365 Å². The number of allylic oxidation sites excluding steroid dienone is 8. The van der Waals surface area contributed by atoms with Crippen molar-refractivity contribution in [2.75, 3.05) is 0 Å². The molecule has 0 amide bonds. The Morgan fingerprint density at radius 2 is 1.40 bits per heavy atom. The number of fused-ring (bicyclic) bond motifs is 1. The van der Waals surface area contributed by atoms with E-state index in [1.54, 1.807) is 0 Å². The number of aryl methyl sites for hydroxylation is 1. The summed E-state index contributed by atoms with van der Waals surface area (Å²) in [6.45, 7) is 12.8. The molecule has 0 aliphatic heterocycles. The topological polar surface area (TPSA) is 50.0 Å². The SMILES string of the molecule is C=C/C=C(\C=C/Cc1cncc2c1C=CCC2)c1cc(CN=C(N=C(N=C)c2ccccc2)c2ccccc2)cc(-c2ccc(-c3ccc4c5c(cccc35)C(C)=C4C)cc2)c1. The van der Waals surface area contributed by atoms with Crippen LogP contribution in [0.1, 0.15) is 70.3 Å². The summed E-state index contributed by atoms with van der Waals surface area (Å²) in [6.07, 6.45) is 19.8. The van der Waals surface area contributed by atoms with Crippen molar-refractivity contribution in [2.24, 2.45) is 15.0 Å². The second-order valence-electron chi connectivity index (χ2n) is 15.9. The summed E-state index contributed by atoms with van der Waals surface area (Å²) in [7, 11) is 0. The fourth-order valence-electron chi connectivity index (χ4n) is 8.74. The van der Waals surface area contributed by atoms with Gasteiger partial charge in [0.05, 0.1) is 6.54 Å². The number of aromatic nitrogens is 1. The molecule has 0 bridgehead atoms. The normalized spacial score (nSPS) is 13.9. The number of nitrogens with zero attached hydrogens (tertiary/aromatic N) is 4. The minimum atomic E-state index is 0.401. The summed E-state index contributed by atoms with van der Waals surface area (Å²) < 4.78 is 0. The van der Waals surface area contributed by atoms with Crippen LogP contribution < -0.4 is 0 Å². The zero-order valence-corrected chi connectivity index (χ0v) is 35.4. The lowest BCUT2D eigenvalue weighted by atomic mass is 9.91. The summed E-state index contributed by atoms with van der Waals surface area (Å²) >= 11 is 0. The first-order valence-corrected chi connectivity index (χ1v) is 21.3. The van der Waals surface area contributed by atoms with Crippen LogP contribution in [0, 0.1) is 0 Å². The molecule has 0 atom stereocenters. The average Bonchev–Trinajstić information content (AvgIpc) is 3.58. The highest BCUT2D eigenvalue weighted by atomic mass is 15.0. The highest BCUT2D eigenvalue weighted by Crippen LogP contribution is 2.44. The predicted octanol–water partition coefficient (Wildman–Crippen LogP) is 14.3. The zero-order chi connectivity index (χ0) is 42.4. The van der Waals surface area contributed by atoms with Crippen LogP contribution in [0.2, 0.25) is 0 Å². The lowest BCUT2D eigenvalue weighted by Gasteiger charge is -2.14. The Hall–Kier alpha value is -7.56. The third-order valence-electron chi connectivity index (χ3n) is 12.1. The van der Waals surface area contributed by atoms with E-state index in [2.05, 4.69) is 140 Å². The quantitative estimate of drug-likeness (QED) is 0.0730. The van der Waals surface area contributed by atoms with Crippen molar-refractivity contribution < 1.29 is 0 Å². The first kappa shape index (κ1) is 39.9. The summed E-state index contributed by atoms with van der Waals surface area (Å²) in [5, 5.41) is 2.65. The highest BCUT2D eigenvalue weighted by molar-refractivity contribution is 6.16. The summed E-state index contributed by atoms with van der Waals surface area (Å²) in [6, 6.07) is 47.0. The first-order valence-electron chi connectivity index (χ1n) is 21.3. The largest absolute Gasteiger partial charge is 0.264 e. The highest BCUT2D eigenvalue weighted by Gasteiger charge is 2.20. The summed E-state index contributed by atoms with van der Waals surface area (Å²) in [5.74, 6) is 1.12. The van der Waals surface area contributed by atoms with Crippen molar-refractivity contribution in [2.45, 2.75) is 39.7 Å². The second-order valence-corrected chi connectivity index (χ2v) is 15.9. The minimum absolute atomic E-state index is 0.401. The molecule has 4 heteroatoms. The van der Waals surface area contributed by atoms with Crippen LogP contribution in [0.5, 0.6) is 0 Å². The Morgan fingerprint density at radius 3 is 2.15 bits per heavy atom. The molecule has 7 aromatic rings. The van der Waals surface area contributed by atoms with Gasteiger partial charge in [0.1, 0.15) is 0 Å². The molecule has 300 valence electrons. The van der Waals surface area contributed by atoms with Crippen molar-refractivity contribution in [1.29, 1.82) is 0 Å². The van der Waals surface area contributed by atoms with E-state index >= 15 is 0 Å². The van der Waals surface area contributed by atoms with Crippen LogP contribution in [-0.4, -0.2) is 23.4 Å². The Morgan fingerprint density at radius 1 is 0.694 bits per heavy atom.